The van der Waals surface area contributed by atoms with Gasteiger partial charge in [0.1, 0.15) is 11.5 Å². The molecular formula is C32H39ClN8O. The van der Waals surface area contributed by atoms with Crippen molar-refractivity contribution in [1.82, 2.24) is 29.7 Å². The van der Waals surface area contributed by atoms with Gasteiger partial charge >= 0.3 is 0 Å². The summed E-state index contributed by atoms with van der Waals surface area (Å²) >= 11 is 6.45. The Morgan fingerprint density at radius 2 is 1.90 bits per heavy atom. The molecule has 3 aromatic rings. The van der Waals surface area contributed by atoms with Gasteiger partial charge in [0.05, 0.1) is 29.2 Å². The number of aliphatic hydroxyl groups is 1. The predicted molar refractivity (Wildman–Crippen MR) is 166 cm³/mol. The van der Waals surface area contributed by atoms with E-state index in [0.717, 1.165) is 62.4 Å². The summed E-state index contributed by atoms with van der Waals surface area (Å²) in [5.74, 6) is 7.75. The lowest BCUT2D eigenvalue weighted by Crippen LogP contribution is -2.72. The van der Waals surface area contributed by atoms with Crippen molar-refractivity contribution in [2.45, 2.75) is 52.2 Å². The summed E-state index contributed by atoms with van der Waals surface area (Å²) in [5.41, 5.74) is 5.22. The van der Waals surface area contributed by atoms with E-state index in [1.807, 2.05) is 18.5 Å². The Labute approximate surface area is 253 Å². The molecule has 3 aliphatic rings. The van der Waals surface area contributed by atoms with Crippen LogP contribution in [0.15, 0.2) is 36.9 Å². The number of hydrogen-bond donors (Lipinski definition) is 2. The van der Waals surface area contributed by atoms with E-state index in [1.165, 1.54) is 18.7 Å². The van der Waals surface area contributed by atoms with Crippen molar-refractivity contribution in [3.8, 4) is 11.8 Å². The zero-order valence-electron chi connectivity index (χ0n) is 24.6. The van der Waals surface area contributed by atoms with Gasteiger partial charge in [-0.05, 0) is 61.0 Å². The van der Waals surface area contributed by atoms with Gasteiger partial charge in [-0.1, -0.05) is 38.3 Å². The number of piperidine rings is 1. The smallest absolute Gasteiger partial charge is 0.229 e. The first kappa shape index (κ1) is 28.8. The van der Waals surface area contributed by atoms with Crippen molar-refractivity contribution in [3.05, 3.63) is 64.3 Å². The van der Waals surface area contributed by atoms with E-state index in [1.54, 1.807) is 12.4 Å². The lowest BCUT2D eigenvalue weighted by molar-refractivity contribution is -0.0178. The Morgan fingerprint density at radius 1 is 1.07 bits per heavy atom. The molecule has 3 saturated heterocycles. The van der Waals surface area contributed by atoms with E-state index in [4.69, 9.17) is 11.6 Å². The molecule has 1 atom stereocenters. The maximum Gasteiger partial charge on any atom is 0.229 e. The van der Waals surface area contributed by atoms with Crippen LogP contribution in [0.2, 0.25) is 5.02 Å². The number of β-amino-alcohol motifs (C(OH)–C–C–N with tert-alkyl or cyclic N) is 1. The molecule has 0 amide bonds. The fourth-order valence-electron chi connectivity index (χ4n) is 6.51. The van der Waals surface area contributed by atoms with Crippen LogP contribution in [0.3, 0.4) is 0 Å². The number of likely N-dealkylation sites (tertiary alicyclic amines) is 2. The molecule has 3 fully saturated rings. The van der Waals surface area contributed by atoms with Gasteiger partial charge in [-0.3, -0.25) is 9.88 Å². The van der Waals surface area contributed by atoms with Crippen LogP contribution in [0.1, 0.15) is 61.9 Å². The molecule has 0 aromatic carbocycles. The molecule has 0 saturated carbocycles. The Bertz CT molecular complexity index is 1470. The second-order valence-corrected chi connectivity index (χ2v) is 12.7. The molecule has 42 heavy (non-hydrogen) atoms. The number of nitrogens with one attached hydrogen (secondary N) is 1. The topological polar surface area (TPSA) is 93.5 Å². The maximum absolute atomic E-state index is 10.1. The SMILES string of the molecule is CCN1CC2(C1)CN(c1ccc(Nc3ncc(Cl)c(C#Cc4cncc(CN5CCC[C@H](O)C5)c4C(C)C)n3)nc1)C2. The number of hydrogen-bond acceptors (Lipinski definition) is 9. The molecule has 0 bridgehead atoms. The zero-order chi connectivity index (χ0) is 29.3. The van der Waals surface area contributed by atoms with Crippen LogP contribution >= 0.6 is 11.6 Å². The van der Waals surface area contributed by atoms with Crippen molar-refractivity contribution < 1.29 is 5.11 Å². The van der Waals surface area contributed by atoms with E-state index < -0.39 is 0 Å². The number of aliphatic hydroxyl groups excluding tert-OH is 1. The third-order valence-corrected chi connectivity index (χ3v) is 8.83. The number of rotatable bonds is 7. The van der Waals surface area contributed by atoms with Gasteiger partial charge in [0.15, 0.2) is 0 Å². The summed E-state index contributed by atoms with van der Waals surface area (Å²) in [6.45, 7) is 14.7. The van der Waals surface area contributed by atoms with Gasteiger partial charge in [-0.2, -0.15) is 0 Å². The second-order valence-electron chi connectivity index (χ2n) is 12.3. The number of anilines is 3. The van der Waals surface area contributed by atoms with E-state index in [0.29, 0.717) is 34.4 Å². The summed E-state index contributed by atoms with van der Waals surface area (Å²) in [6, 6.07) is 4.04. The molecule has 1 spiro atoms. The lowest BCUT2D eigenvalue weighted by atomic mass is 9.72. The quantitative estimate of drug-likeness (QED) is 0.393. The molecule has 0 aliphatic carbocycles. The van der Waals surface area contributed by atoms with Gasteiger partial charge in [-0.15, -0.1) is 0 Å². The first-order valence-electron chi connectivity index (χ1n) is 14.9. The highest BCUT2D eigenvalue weighted by Crippen LogP contribution is 2.41. The average molecular weight is 587 g/mol. The lowest BCUT2D eigenvalue weighted by Gasteiger charge is -2.61. The largest absolute Gasteiger partial charge is 0.392 e. The standard InChI is InChI=1S/C32H39ClN8O/c1-4-39-18-32(19-39)20-41(21-32)25-8-10-29(35-14-25)38-31-36-15-27(33)28(37-31)9-7-23-12-34-13-24(30(23)22(2)3)16-40-11-5-6-26(42)17-40/h8,10,12-15,22,26,42H,4-6,11,16-21H2,1-3H3,(H,35,36,37,38)/t26-/m0/s1. The molecule has 2 N–H and O–H groups in total. The number of nitrogens with zero attached hydrogens (tertiary/aromatic N) is 7. The fourth-order valence-corrected chi connectivity index (χ4v) is 6.65. The average Bonchev–Trinajstić information content (AvgIpc) is 2.93. The highest BCUT2D eigenvalue weighted by molar-refractivity contribution is 6.31. The molecule has 6 rings (SSSR count). The van der Waals surface area contributed by atoms with Crippen LogP contribution in [0.25, 0.3) is 0 Å². The number of aromatic nitrogens is 4. The van der Waals surface area contributed by atoms with E-state index >= 15 is 0 Å². The Morgan fingerprint density at radius 3 is 2.62 bits per heavy atom. The molecular weight excluding hydrogens is 548 g/mol. The van der Waals surface area contributed by atoms with Gasteiger partial charge in [0.25, 0.3) is 0 Å². The third kappa shape index (κ3) is 6.23. The molecule has 0 unspecified atom stereocenters. The highest BCUT2D eigenvalue weighted by atomic mass is 35.5. The summed E-state index contributed by atoms with van der Waals surface area (Å²) in [5, 5.41) is 13.7. The molecule has 6 heterocycles. The Balaban J connectivity index is 1.14. The predicted octanol–water partition coefficient (Wildman–Crippen LogP) is 4.29. The summed E-state index contributed by atoms with van der Waals surface area (Å²) in [6.07, 6.45) is 8.80. The summed E-state index contributed by atoms with van der Waals surface area (Å²) in [4.78, 5) is 25.2. The van der Waals surface area contributed by atoms with Crippen LogP contribution in [0.5, 0.6) is 0 Å². The fraction of sp³-hybridized carbons (Fsp3) is 0.500. The summed E-state index contributed by atoms with van der Waals surface area (Å²) in [7, 11) is 0. The molecule has 9 nitrogen and oxygen atoms in total. The van der Waals surface area contributed by atoms with Gasteiger partial charge in [0.2, 0.25) is 5.95 Å². The monoisotopic (exact) mass is 586 g/mol. The first-order valence-corrected chi connectivity index (χ1v) is 15.3. The minimum absolute atomic E-state index is 0.260. The Hall–Kier alpha value is -3.29. The third-order valence-electron chi connectivity index (χ3n) is 8.55. The zero-order valence-corrected chi connectivity index (χ0v) is 25.4. The molecule has 3 aromatic heterocycles. The van der Waals surface area contributed by atoms with Crippen LogP contribution in [-0.2, 0) is 6.54 Å². The minimum Gasteiger partial charge on any atom is -0.392 e. The van der Waals surface area contributed by atoms with Crippen molar-refractivity contribution in [1.29, 1.82) is 0 Å². The molecule has 0 radical (unpaired) electrons. The van der Waals surface area contributed by atoms with Crippen LogP contribution < -0.4 is 10.2 Å². The van der Waals surface area contributed by atoms with Crippen molar-refractivity contribution in [3.63, 3.8) is 0 Å². The normalized spacial score (nSPS) is 20.1. The molecule has 220 valence electrons. The van der Waals surface area contributed by atoms with Crippen LogP contribution in [0, 0.1) is 17.3 Å². The van der Waals surface area contributed by atoms with Gasteiger partial charge in [0, 0.05) is 62.6 Å². The Kier molecular flexibility index (Phi) is 8.33. The van der Waals surface area contributed by atoms with Crippen LogP contribution in [0.4, 0.5) is 17.5 Å². The number of halogens is 1. The van der Waals surface area contributed by atoms with E-state index in [2.05, 4.69) is 78.6 Å². The van der Waals surface area contributed by atoms with Crippen LogP contribution in [-0.4, -0.2) is 86.8 Å². The maximum atomic E-state index is 10.1. The van der Waals surface area contributed by atoms with Crippen molar-refractivity contribution in [2.24, 2.45) is 5.41 Å². The van der Waals surface area contributed by atoms with Crippen molar-refractivity contribution in [2.75, 3.05) is 56.0 Å². The highest BCUT2D eigenvalue weighted by Gasteiger charge is 2.51. The number of pyridine rings is 2. The minimum atomic E-state index is -0.264. The second kappa shape index (κ2) is 12.1. The molecule has 10 heteroatoms. The van der Waals surface area contributed by atoms with E-state index in [9.17, 15) is 5.11 Å². The summed E-state index contributed by atoms with van der Waals surface area (Å²) < 4.78 is 0. The van der Waals surface area contributed by atoms with Gasteiger partial charge < -0.3 is 20.2 Å². The van der Waals surface area contributed by atoms with Crippen molar-refractivity contribution >= 4 is 29.1 Å². The van der Waals surface area contributed by atoms with Gasteiger partial charge in [-0.25, -0.2) is 15.0 Å². The van der Waals surface area contributed by atoms with E-state index in [-0.39, 0.29) is 12.0 Å². The first-order chi connectivity index (χ1) is 20.3. The molecule has 3 aliphatic heterocycles.